The van der Waals surface area contributed by atoms with Gasteiger partial charge in [0.05, 0.1) is 10.6 Å². The summed E-state index contributed by atoms with van der Waals surface area (Å²) in [5.41, 5.74) is 3.40. The van der Waals surface area contributed by atoms with Crippen molar-refractivity contribution in [1.82, 2.24) is 9.97 Å². The molecule has 1 heterocycles. The smallest absolute Gasteiger partial charge is 0.334 e. The monoisotopic (exact) mass is 413 g/mol. The number of nitrogens with zero attached hydrogens (tertiary/aromatic N) is 3. The standard InChI is InChI=1S/C18H16BrN5O2/c1-11-7-8-13(9-12(11)2)22-17-16(24(25)26)18(21-10-20-17)23-15-6-4-3-5-14(15)19/h3-10H,1-2H3,(H2,20,21,22,23). The van der Waals surface area contributed by atoms with Gasteiger partial charge in [0, 0.05) is 10.2 Å². The van der Waals surface area contributed by atoms with Gasteiger partial charge in [0.15, 0.2) is 0 Å². The third-order valence-electron chi connectivity index (χ3n) is 3.90. The van der Waals surface area contributed by atoms with Crippen LogP contribution < -0.4 is 10.6 Å². The predicted octanol–water partition coefficient (Wildman–Crippen LogP) is 5.25. The van der Waals surface area contributed by atoms with Gasteiger partial charge in [-0.25, -0.2) is 9.97 Å². The van der Waals surface area contributed by atoms with Gasteiger partial charge in [0.25, 0.3) is 0 Å². The van der Waals surface area contributed by atoms with Gasteiger partial charge < -0.3 is 10.6 Å². The highest BCUT2D eigenvalue weighted by Crippen LogP contribution is 2.34. The molecule has 0 bridgehead atoms. The molecule has 3 rings (SSSR count). The summed E-state index contributed by atoms with van der Waals surface area (Å²) >= 11 is 3.41. The fourth-order valence-electron chi connectivity index (χ4n) is 2.38. The normalized spacial score (nSPS) is 10.4. The maximum Gasteiger partial charge on any atom is 0.353 e. The summed E-state index contributed by atoms with van der Waals surface area (Å²) in [4.78, 5) is 19.3. The molecule has 0 spiro atoms. The Morgan fingerprint density at radius 3 is 2.35 bits per heavy atom. The average molecular weight is 414 g/mol. The molecule has 8 heteroatoms. The van der Waals surface area contributed by atoms with Gasteiger partial charge in [-0.05, 0) is 65.2 Å². The molecule has 0 aliphatic carbocycles. The minimum absolute atomic E-state index is 0.114. The molecule has 0 saturated carbocycles. The van der Waals surface area contributed by atoms with Crippen LogP contribution >= 0.6 is 15.9 Å². The Morgan fingerprint density at radius 1 is 1.00 bits per heavy atom. The maximum absolute atomic E-state index is 11.7. The first-order chi connectivity index (χ1) is 12.5. The Kier molecular flexibility index (Phi) is 5.13. The lowest BCUT2D eigenvalue weighted by molar-refractivity contribution is -0.383. The summed E-state index contributed by atoms with van der Waals surface area (Å²) in [6, 6.07) is 13.0. The number of aryl methyl sites for hydroxylation is 2. The van der Waals surface area contributed by atoms with E-state index in [4.69, 9.17) is 0 Å². The number of hydrogen-bond donors (Lipinski definition) is 2. The van der Waals surface area contributed by atoms with Crippen molar-refractivity contribution in [2.45, 2.75) is 13.8 Å². The number of aromatic nitrogens is 2. The van der Waals surface area contributed by atoms with Gasteiger partial charge in [-0.15, -0.1) is 0 Å². The Hall–Kier alpha value is -3.00. The quantitative estimate of drug-likeness (QED) is 0.438. The zero-order chi connectivity index (χ0) is 18.7. The zero-order valence-corrected chi connectivity index (χ0v) is 15.7. The SMILES string of the molecule is Cc1ccc(Nc2ncnc(Nc3ccccc3Br)c2[N+](=O)[O-])cc1C. The average Bonchev–Trinajstić information content (AvgIpc) is 2.60. The molecule has 0 aliphatic heterocycles. The first-order valence-corrected chi connectivity index (χ1v) is 8.60. The third kappa shape index (κ3) is 3.80. The van der Waals surface area contributed by atoms with Crippen molar-refractivity contribution < 1.29 is 4.92 Å². The molecule has 0 saturated heterocycles. The molecule has 132 valence electrons. The fourth-order valence-corrected chi connectivity index (χ4v) is 2.76. The van der Waals surface area contributed by atoms with Crippen molar-refractivity contribution >= 4 is 44.6 Å². The van der Waals surface area contributed by atoms with Crippen molar-refractivity contribution in [2.24, 2.45) is 0 Å². The minimum atomic E-state index is -0.497. The Balaban J connectivity index is 1.99. The van der Waals surface area contributed by atoms with Crippen molar-refractivity contribution in [2.75, 3.05) is 10.6 Å². The van der Waals surface area contributed by atoms with Crippen molar-refractivity contribution in [3.8, 4) is 0 Å². The molecule has 2 N–H and O–H groups in total. The van der Waals surface area contributed by atoms with E-state index in [-0.39, 0.29) is 17.3 Å². The van der Waals surface area contributed by atoms with Gasteiger partial charge in [-0.1, -0.05) is 18.2 Å². The van der Waals surface area contributed by atoms with E-state index in [1.54, 1.807) is 6.07 Å². The van der Waals surface area contributed by atoms with Crippen LogP contribution in [0.4, 0.5) is 28.7 Å². The van der Waals surface area contributed by atoms with Gasteiger partial charge >= 0.3 is 5.69 Å². The molecular formula is C18H16BrN5O2. The molecule has 1 aromatic heterocycles. The van der Waals surface area contributed by atoms with E-state index in [2.05, 4.69) is 36.5 Å². The second-order valence-electron chi connectivity index (χ2n) is 5.71. The van der Waals surface area contributed by atoms with Crippen LogP contribution in [0.15, 0.2) is 53.3 Å². The van der Waals surface area contributed by atoms with E-state index < -0.39 is 4.92 Å². The van der Waals surface area contributed by atoms with Crippen LogP contribution in [0.1, 0.15) is 11.1 Å². The first-order valence-electron chi connectivity index (χ1n) is 7.81. The summed E-state index contributed by atoms with van der Waals surface area (Å²) < 4.78 is 0.775. The summed E-state index contributed by atoms with van der Waals surface area (Å²) in [5.74, 6) is 0.242. The van der Waals surface area contributed by atoms with Gasteiger partial charge in [-0.3, -0.25) is 10.1 Å². The van der Waals surface area contributed by atoms with Crippen LogP contribution in [-0.4, -0.2) is 14.9 Å². The molecule has 0 atom stereocenters. The van der Waals surface area contributed by atoms with Crippen LogP contribution in [0.25, 0.3) is 0 Å². The number of benzene rings is 2. The Labute approximate surface area is 158 Å². The Bertz CT molecular complexity index is 978. The fraction of sp³-hybridized carbons (Fsp3) is 0.111. The van der Waals surface area contributed by atoms with Crippen molar-refractivity contribution in [3.63, 3.8) is 0 Å². The van der Waals surface area contributed by atoms with Crippen LogP contribution in [0, 0.1) is 24.0 Å². The molecule has 0 unspecified atom stereocenters. The van der Waals surface area contributed by atoms with E-state index in [1.807, 2.05) is 50.2 Å². The predicted molar refractivity (Wildman–Crippen MR) is 105 cm³/mol. The summed E-state index contributed by atoms with van der Waals surface area (Å²) in [7, 11) is 0. The second-order valence-corrected chi connectivity index (χ2v) is 6.56. The van der Waals surface area contributed by atoms with E-state index >= 15 is 0 Å². The lowest BCUT2D eigenvalue weighted by Crippen LogP contribution is -2.06. The maximum atomic E-state index is 11.7. The van der Waals surface area contributed by atoms with Gasteiger partial charge in [0.2, 0.25) is 11.6 Å². The highest BCUT2D eigenvalue weighted by molar-refractivity contribution is 9.10. The highest BCUT2D eigenvalue weighted by atomic mass is 79.9. The summed E-state index contributed by atoms with van der Waals surface area (Å²) in [6.07, 6.45) is 1.29. The van der Waals surface area contributed by atoms with E-state index in [1.165, 1.54) is 6.33 Å². The van der Waals surface area contributed by atoms with Gasteiger partial charge in [0.1, 0.15) is 6.33 Å². The number of halogens is 1. The van der Waals surface area contributed by atoms with E-state index in [9.17, 15) is 10.1 Å². The van der Waals surface area contributed by atoms with Gasteiger partial charge in [-0.2, -0.15) is 0 Å². The lowest BCUT2D eigenvalue weighted by atomic mass is 10.1. The van der Waals surface area contributed by atoms with Crippen molar-refractivity contribution in [3.05, 3.63) is 74.5 Å². The second kappa shape index (κ2) is 7.49. The molecule has 7 nitrogen and oxygen atoms in total. The van der Waals surface area contributed by atoms with E-state index in [0.717, 1.165) is 21.3 Å². The van der Waals surface area contributed by atoms with Crippen LogP contribution in [0.5, 0.6) is 0 Å². The number of para-hydroxylation sites is 1. The highest BCUT2D eigenvalue weighted by Gasteiger charge is 2.23. The minimum Gasteiger partial charge on any atom is -0.334 e. The van der Waals surface area contributed by atoms with E-state index in [0.29, 0.717) is 5.69 Å². The molecule has 26 heavy (non-hydrogen) atoms. The number of nitro groups is 1. The van der Waals surface area contributed by atoms with Crippen LogP contribution in [0.2, 0.25) is 0 Å². The molecule has 0 amide bonds. The molecule has 3 aromatic rings. The van der Waals surface area contributed by atoms with Crippen LogP contribution in [-0.2, 0) is 0 Å². The summed E-state index contributed by atoms with van der Waals surface area (Å²) in [5, 5.41) is 17.7. The molecule has 0 aliphatic rings. The molecule has 2 aromatic carbocycles. The van der Waals surface area contributed by atoms with Crippen LogP contribution in [0.3, 0.4) is 0 Å². The topological polar surface area (TPSA) is 93.0 Å². The summed E-state index contributed by atoms with van der Waals surface area (Å²) in [6.45, 7) is 3.99. The Morgan fingerprint density at radius 2 is 1.69 bits per heavy atom. The molecule has 0 radical (unpaired) electrons. The van der Waals surface area contributed by atoms with Crippen molar-refractivity contribution in [1.29, 1.82) is 0 Å². The molecule has 0 fully saturated rings. The zero-order valence-electron chi connectivity index (χ0n) is 14.2. The first kappa shape index (κ1) is 17.8. The third-order valence-corrected chi connectivity index (χ3v) is 4.59. The number of hydrogen-bond acceptors (Lipinski definition) is 6. The number of nitrogens with one attached hydrogen (secondary N) is 2. The number of rotatable bonds is 5. The molecular weight excluding hydrogens is 398 g/mol. The lowest BCUT2D eigenvalue weighted by Gasteiger charge is -2.11. The largest absolute Gasteiger partial charge is 0.353 e. The number of anilines is 4.